The van der Waals surface area contributed by atoms with Crippen molar-refractivity contribution in [1.82, 2.24) is 10.2 Å². The van der Waals surface area contributed by atoms with Crippen molar-refractivity contribution in [2.24, 2.45) is 0 Å². The molecule has 0 unspecified atom stereocenters. The zero-order valence-electron chi connectivity index (χ0n) is 15.8. The summed E-state index contributed by atoms with van der Waals surface area (Å²) >= 11 is 0. The van der Waals surface area contributed by atoms with Crippen LogP contribution in [0.4, 0.5) is 0 Å². The largest absolute Gasteiger partial charge is 0.464 e. The van der Waals surface area contributed by atoms with Crippen LogP contribution in [0.25, 0.3) is 0 Å². The van der Waals surface area contributed by atoms with E-state index in [0.717, 1.165) is 25.7 Å². The molecular weight excluding hydrogens is 328 g/mol. The monoisotopic (exact) mass is 362 g/mol. The number of rotatable bonds is 15. The van der Waals surface area contributed by atoms with E-state index < -0.39 is 24.7 Å². The molecular formula is C17H34N2O6. The smallest absolute Gasteiger partial charge is 0.319 e. The van der Waals surface area contributed by atoms with Crippen molar-refractivity contribution in [2.45, 2.75) is 44.6 Å². The van der Waals surface area contributed by atoms with Gasteiger partial charge in [-0.1, -0.05) is 26.2 Å². The highest BCUT2D eigenvalue weighted by atomic mass is 16.5. The van der Waals surface area contributed by atoms with Crippen molar-refractivity contribution in [1.29, 1.82) is 0 Å². The molecule has 0 radical (unpaired) electrons. The molecule has 0 heterocycles. The summed E-state index contributed by atoms with van der Waals surface area (Å²) in [7, 11) is 3.73. The number of carbonyl (C=O) groups excluding carboxylic acids is 2. The fourth-order valence-corrected chi connectivity index (χ4v) is 1.94. The zero-order chi connectivity index (χ0) is 19.1. The van der Waals surface area contributed by atoms with E-state index in [4.69, 9.17) is 9.47 Å². The third-order valence-electron chi connectivity index (χ3n) is 3.76. The van der Waals surface area contributed by atoms with E-state index in [1.54, 1.807) is 0 Å². The summed E-state index contributed by atoms with van der Waals surface area (Å²) in [4.78, 5) is 25.3. The Morgan fingerprint density at radius 3 is 2.28 bits per heavy atom. The summed E-state index contributed by atoms with van der Waals surface area (Å²) in [5, 5.41) is 21.8. The van der Waals surface area contributed by atoms with Gasteiger partial charge in [0, 0.05) is 13.0 Å². The molecule has 0 saturated heterocycles. The van der Waals surface area contributed by atoms with Crippen LogP contribution >= 0.6 is 0 Å². The molecule has 148 valence electrons. The van der Waals surface area contributed by atoms with Gasteiger partial charge in [0.05, 0.1) is 25.3 Å². The highest BCUT2D eigenvalue weighted by Gasteiger charge is 2.31. The maximum Gasteiger partial charge on any atom is 0.319 e. The van der Waals surface area contributed by atoms with Gasteiger partial charge in [0.2, 0.25) is 0 Å². The number of ether oxygens (including phenoxy) is 2. The SMILES string of the molecule is CCCCCCC(=O)OCC(CO)(CO)NCC(=O)OCCN(C)C. The van der Waals surface area contributed by atoms with Gasteiger partial charge in [0.1, 0.15) is 13.2 Å². The van der Waals surface area contributed by atoms with Crippen LogP contribution in [0.3, 0.4) is 0 Å². The van der Waals surface area contributed by atoms with Gasteiger partial charge < -0.3 is 24.6 Å². The first kappa shape index (κ1) is 23.8. The summed E-state index contributed by atoms with van der Waals surface area (Å²) < 4.78 is 10.2. The second-order valence-electron chi connectivity index (χ2n) is 6.45. The first-order valence-corrected chi connectivity index (χ1v) is 8.82. The van der Waals surface area contributed by atoms with E-state index in [1.807, 2.05) is 19.0 Å². The van der Waals surface area contributed by atoms with Crippen LogP contribution in [0, 0.1) is 0 Å². The van der Waals surface area contributed by atoms with E-state index in [2.05, 4.69) is 12.2 Å². The summed E-state index contributed by atoms with van der Waals surface area (Å²) in [5.74, 6) is -0.878. The molecule has 0 aliphatic rings. The molecule has 0 atom stereocenters. The quantitative estimate of drug-likeness (QED) is 0.274. The number of esters is 2. The van der Waals surface area contributed by atoms with Crippen molar-refractivity contribution in [2.75, 3.05) is 53.6 Å². The fraction of sp³-hybridized carbons (Fsp3) is 0.882. The first-order chi connectivity index (χ1) is 11.9. The Kier molecular flexibility index (Phi) is 13.3. The van der Waals surface area contributed by atoms with Gasteiger partial charge in [-0.25, -0.2) is 0 Å². The fourth-order valence-electron chi connectivity index (χ4n) is 1.94. The topological polar surface area (TPSA) is 108 Å². The number of nitrogens with one attached hydrogen (secondary N) is 1. The van der Waals surface area contributed by atoms with Crippen molar-refractivity contribution < 1.29 is 29.3 Å². The van der Waals surface area contributed by atoms with Crippen LogP contribution in [-0.4, -0.2) is 86.2 Å². The molecule has 0 bridgehead atoms. The number of hydrogen-bond donors (Lipinski definition) is 3. The van der Waals surface area contributed by atoms with E-state index >= 15 is 0 Å². The Labute approximate surface area is 150 Å². The Balaban J connectivity index is 4.21. The van der Waals surface area contributed by atoms with Crippen LogP contribution in [0.15, 0.2) is 0 Å². The Morgan fingerprint density at radius 1 is 1.04 bits per heavy atom. The molecule has 0 aromatic heterocycles. The van der Waals surface area contributed by atoms with Crippen LogP contribution in [0.2, 0.25) is 0 Å². The molecule has 25 heavy (non-hydrogen) atoms. The molecule has 3 N–H and O–H groups in total. The summed E-state index contributed by atoms with van der Waals surface area (Å²) in [6.07, 6.45) is 4.18. The minimum atomic E-state index is -1.26. The highest BCUT2D eigenvalue weighted by molar-refractivity contribution is 5.72. The minimum Gasteiger partial charge on any atom is -0.464 e. The molecule has 8 nitrogen and oxygen atoms in total. The molecule has 0 spiro atoms. The first-order valence-electron chi connectivity index (χ1n) is 8.82. The van der Waals surface area contributed by atoms with Gasteiger partial charge in [-0.05, 0) is 20.5 Å². The van der Waals surface area contributed by atoms with Gasteiger partial charge in [-0.3, -0.25) is 14.9 Å². The van der Waals surface area contributed by atoms with Crippen molar-refractivity contribution in [3.8, 4) is 0 Å². The normalized spacial score (nSPS) is 11.6. The number of likely N-dealkylation sites (N-methyl/N-ethyl adjacent to an activating group) is 1. The lowest BCUT2D eigenvalue weighted by molar-refractivity contribution is -0.148. The zero-order valence-corrected chi connectivity index (χ0v) is 15.8. The lowest BCUT2D eigenvalue weighted by Crippen LogP contribution is -2.57. The molecule has 0 saturated carbocycles. The molecule has 0 aliphatic carbocycles. The predicted octanol–water partition coefficient (Wildman–Crippen LogP) is -0.0822. The Hall–Kier alpha value is -1.22. The molecule has 0 aliphatic heterocycles. The molecule has 0 amide bonds. The van der Waals surface area contributed by atoms with Gasteiger partial charge in [-0.15, -0.1) is 0 Å². The maximum absolute atomic E-state index is 11.7. The average Bonchev–Trinajstić information content (AvgIpc) is 2.59. The van der Waals surface area contributed by atoms with Crippen molar-refractivity contribution in [3.05, 3.63) is 0 Å². The Bertz CT molecular complexity index is 372. The minimum absolute atomic E-state index is 0.192. The summed E-state index contributed by atoms with van der Waals surface area (Å²) in [6, 6.07) is 0. The van der Waals surface area contributed by atoms with Gasteiger partial charge >= 0.3 is 11.9 Å². The standard InChI is InChI=1S/C17H34N2O6/c1-4-5-6-7-8-15(22)25-14-17(12-20,13-21)18-11-16(23)24-10-9-19(2)3/h18,20-21H,4-14H2,1-3H3. The molecule has 8 heteroatoms. The van der Waals surface area contributed by atoms with Gasteiger partial charge in [0.15, 0.2) is 0 Å². The summed E-state index contributed by atoms with van der Waals surface area (Å²) in [5.41, 5.74) is -1.26. The second kappa shape index (κ2) is 14.0. The van der Waals surface area contributed by atoms with Gasteiger partial charge in [-0.2, -0.15) is 0 Å². The van der Waals surface area contributed by atoms with E-state index in [9.17, 15) is 19.8 Å². The highest BCUT2D eigenvalue weighted by Crippen LogP contribution is 2.08. The van der Waals surface area contributed by atoms with E-state index in [1.165, 1.54) is 0 Å². The molecule has 0 rings (SSSR count). The summed E-state index contributed by atoms with van der Waals surface area (Å²) in [6.45, 7) is 1.60. The van der Waals surface area contributed by atoms with Crippen LogP contribution in [-0.2, 0) is 19.1 Å². The van der Waals surface area contributed by atoms with Crippen LogP contribution in [0.5, 0.6) is 0 Å². The lowest BCUT2D eigenvalue weighted by Gasteiger charge is -2.30. The number of nitrogens with zero attached hydrogens (tertiary/aromatic N) is 1. The van der Waals surface area contributed by atoms with Crippen LogP contribution < -0.4 is 5.32 Å². The number of hydrogen-bond acceptors (Lipinski definition) is 8. The van der Waals surface area contributed by atoms with E-state index in [0.29, 0.717) is 13.0 Å². The maximum atomic E-state index is 11.7. The number of aliphatic hydroxyl groups excluding tert-OH is 2. The van der Waals surface area contributed by atoms with Gasteiger partial charge in [0.25, 0.3) is 0 Å². The Morgan fingerprint density at radius 2 is 1.72 bits per heavy atom. The van der Waals surface area contributed by atoms with Crippen molar-refractivity contribution in [3.63, 3.8) is 0 Å². The average molecular weight is 362 g/mol. The van der Waals surface area contributed by atoms with E-state index in [-0.39, 0.29) is 25.7 Å². The third-order valence-corrected chi connectivity index (χ3v) is 3.76. The third kappa shape index (κ3) is 11.9. The lowest BCUT2D eigenvalue weighted by atomic mass is 10.0. The van der Waals surface area contributed by atoms with Crippen LogP contribution in [0.1, 0.15) is 39.0 Å². The molecule has 0 fully saturated rings. The molecule has 0 aromatic carbocycles. The number of aliphatic hydroxyl groups is 2. The predicted molar refractivity (Wildman–Crippen MR) is 94.1 cm³/mol. The molecule has 0 aromatic rings. The number of unbranched alkanes of at least 4 members (excludes halogenated alkanes) is 3. The number of carbonyl (C=O) groups is 2. The van der Waals surface area contributed by atoms with Crippen molar-refractivity contribution >= 4 is 11.9 Å². The second-order valence-corrected chi connectivity index (χ2v) is 6.45.